The summed E-state index contributed by atoms with van der Waals surface area (Å²) < 4.78 is 0. The zero-order valence-corrected chi connectivity index (χ0v) is 8.53. The van der Waals surface area contributed by atoms with Gasteiger partial charge in [0.1, 0.15) is 0 Å². The molecule has 0 radical (unpaired) electrons. The SMILES string of the molecule is CC[O-].C[CH2][Ga+][CH2]C. The first kappa shape index (κ1) is 11.4. The molecule has 0 heterocycles. The molecule has 0 aliphatic carbocycles. The summed E-state index contributed by atoms with van der Waals surface area (Å²) in [6.45, 7) is 6.13. The van der Waals surface area contributed by atoms with Crippen molar-refractivity contribution in [2.75, 3.05) is 6.61 Å². The average Bonchev–Trinajstić information content (AvgIpc) is 1.71. The summed E-state index contributed by atoms with van der Waals surface area (Å²) in [5, 5.41) is 8.93. The monoisotopic (exact) mass is 172 g/mol. The first-order valence-corrected chi connectivity index (χ1v) is 6.65. The molecule has 0 aliphatic heterocycles. The van der Waals surface area contributed by atoms with E-state index in [1.807, 2.05) is 0 Å². The molecular formula is C6H15GaO. The Morgan fingerprint density at radius 3 is 1.38 bits per heavy atom. The van der Waals surface area contributed by atoms with Gasteiger partial charge in [0.15, 0.2) is 0 Å². The molecular weight excluding hydrogens is 158 g/mol. The Labute approximate surface area is 60.3 Å². The van der Waals surface area contributed by atoms with Gasteiger partial charge in [-0.3, -0.25) is 0 Å². The van der Waals surface area contributed by atoms with Gasteiger partial charge in [0, 0.05) is 0 Å². The van der Waals surface area contributed by atoms with Crippen molar-refractivity contribution in [1.82, 2.24) is 0 Å². The van der Waals surface area contributed by atoms with Gasteiger partial charge < -0.3 is 5.11 Å². The molecule has 48 valence electrons. The Morgan fingerprint density at radius 1 is 1.12 bits per heavy atom. The van der Waals surface area contributed by atoms with Crippen molar-refractivity contribution in [3.8, 4) is 0 Å². The van der Waals surface area contributed by atoms with Crippen LogP contribution in [-0.2, 0) is 0 Å². The predicted molar refractivity (Wildman–Crippen MR) is 37.3 cm³/mol. The van der Waals surface area contributed by atoms with Gasteiger partial charge in [-0.2, -0.15) is 0 Å². The molecule has 0 spiro atoms. The quantitative estimate of drug-likeness (QED) is 0.569. The second-order valence-corrected chi connectivity index (χ2v) is 6.03. The fourth-order valence-electron chi connectivity index (χ4n) is 0.289. The molecule has 2 heteroatoms. The molecule has 0 fully saturated rings. The third kappa shape index (κ3) is 30.6. The third-order valence-electron chi connectivity index (χ3n) is 0.577. The van der Waals surface area contributed by atoms with E-state index < -0.39 is 0 Å². The van der Waals surface area contributed by atoms with Crippen LogP contribution in [0.25, 0.3) is 0 Å². The van der Waals surface area contributed by atoms with E-state index in [0.29, 0.717) is 17.4 Å². The molecule has 0 atom stereocenters. The van der Waals surface area contributed by atoms with E-state index in [2.05, 4.69) is 13.8 Å². The van der Waals surface area contributed by atoms with Crippen LogP contribution in [0.2, 0.25) is 9.95 Å². The summed E-state index contributed by atoms with van der Waals surface area (Å²) in [7, 11) is 0. The van der Waals surface area contributed by atoms with Crippen LogP contribution in [0.3, 0.4) is 0 Å². The summed E-state index contributed by atoms with van der Waals surface area (Å²) in [4.78, 5) is 3.00. The van der Waals surface area contributed by atoms with Crippen molar-refractivity contribution in [3.63, 3.8) is 0 Å². The first-order valence-electron chi connectivity index (χ1n) is 3.23. The van der Waals surface area contributed by atoms with Crippen molar-refractivity contribution in [2.24, 2.45) is 0 Å². The normalized spacial score (nSPS) is 6.50. The maximum atomic E-state index is 8.93. The van der Waals surface area contributed by atoms with Crippen LogP contribution in [0.5, 0.6) is 0 Å². The van der Waals surface area contributed by atoms with Crippen molar-refractivity contribution < 1.29 is 5.11 Å². The van der Waals surface area contributed by atoms with Crippen molar-refractivity contribution in [1.29, 1.82) is 0 Å². The molecule has 0 bridgehead atoms. The van der Waals surface area contributed by atoms with Gasteiger partial charge in [0.25, 0.3) is 0 Å². The van der Waals surface area contributed by atoms with E-state index in [1.54, 1.807) is 6.92 Å². The van der Waals surface area contributed by atoms with Crippen LogP contribution < -0.4 is 5.11 Å². The zero-order valence-electron chi connectivity index (χ0n) is 6.11. The Kier molecular flexibility index (Phi) is 22.3. The molecule has 8 heavy (non-hydrogen) atoms. The van der Waals surface area contributed by atoms with E-state index in [0.717, 1.165) is 0 Å². The Bertz CT molecular complexity index is 22.5. The molecule has 1 nitrogen and oxygen atoms in total. The molecule has 0 saturated heterocycles. The molecule has 0 aromatic carbocycles. The molecule has 0 aromatic heterocycles. The number of hydrogen-bond donors (Lipinski definition) is 0. The average molecular weight is 173 g/mol. The first-order chi connectivity index (χ1) is 3.83. The van der Waals surface area contributed by atoms with E-state index >= 15 is 0 Å². The van der Waals surface area contributed by atoms with E-state index in [9.17, 15) is 0 Å². The second kappa shape index (κ2) is 15.6. The van der Waals surface area contributed by atoms with Gasteiger partial charge in [-0.1, -0.05) is 6.92 Å². The molecule has 0 aliphatic rings. The van der Waals surface area contributed by atoms with E-state index in [1.165, 1.54) is 9.95 Å². The number of rotatable bonds is 2. The number of hydrogen-bond acceptors (Lipinski definition) is 1. The Hall–Kier alpha value is 0.596. The van der Waals surface area contributed by atoms with Gasteiger partial charge in [-0.25, -0.2) is 0 Å². The van der Waals surface area contributed by atoms with Gasteiger partial charge in [0.05, 0.1) is 0 Å². The standard InChI is InChI=1S/C2H5O.2C2H5.Ga/c1-2-3;2*1-2;/h2H2,1H3;2*1H2,2H3;/q-1;;;+1. The van der Waals surface area contributed by atoms with E-state index in [4.69, 9.17) is 5.11 Å². The zero-order chi connectivity index (χ0) is 6.83. The van der Waals surface area contributed by atoms with Gasteiger partial charge in [0.2, 0.25) is 0 Å². The predicted octanol–water partition coefficient (Wildman–Crippen LogP) is 0.934. The molecule has 0 amide bonds. The van der Waals surface area contributed by atoms with E-state index in [-0.39, 0.29) is 6.61 Å². The van der Waals surface area contributed by atoms with Crippen molar-refractivity contribution in [2.45, 2.75) is 30.7 Å². The van der Waals surface area contributed by atoms with Crippen LogP contribution in [0.15, 0.2) is 0 Å². The van der Waals surface area contributed by atoms with Crippen LogP contribution in [0.1, 0.15) is 20.8 Å². The fraction of sp³-hybridized carbons (Fsp3) is 1.00. The minimum absolute atomic E-state index is 0. The summed E-state index contributed by atoms with van der Waals surface area (Å²) in [6, 6.07) is 0. The van der Waals surface area contributed by atoms with Crippen molar-refractivity contribution >= 4 is 17.4 Å². The maximum absolute atomic E-state index is 8.93. The van der Waals surface area contributed by atoms with Crippen LogP contribution in [-0.4, -0.2) is 24.0 Å². The summed E-state index contributed by atoms with van der Waals surface area (Å²) in [5.41, 5.74) is 0. The van der Waals surface area contributed by atoms with Crippen LogP contribution in [0, 0.1) is 0 Å². The third-order valence-corrected chi connectivity index (χ3v) is 3.00. The Morgan fingerprint density at radius 2 is 1.38 bits per heavy atom. The van der Waals surface area contributed by atoms with Crippen LogP contribution >= 0.6 is 0 Å². The second-order valence-electron chi connectivity index (χ2n) is 1.39. The Balaban J connectivity index is 0. The van der Waals surface area contributed by atoms with Gasteiger partial charge >= 0.3 is 41.2 Å². The summed E-state index contributed by atoms with van der Waals surface area (Å²) in [5.74, 6) is 0. The van der Waals surface area contributed by atoms with Crippen LogP contribution in [0.4, 0.5) is 0 Å². The van der Waals surface area contributed by atoms with Gasteiger partial charge in [-0.15, -0.1) is 6.61 Å². The molecule has 0 unspecified atom stereocenters. The molecule has 0 aromatic rings. The summed E-state index contributed by atoms with van der Waals surface area (Å²) in [6.07, 6.45) is 0. The summed E-state index contributed by atoms with van der Waals surface area (Å²) >= 11 is 0.312. The molecule has 0 saturated carbocycles. The molecule has 0 N–H and O–H groups in total. The minimum atomic E-state index is 0. The van der Waals surface area contributed by atoms with Gasteiger partial charge in [-0.05, 0) is 0 Å². The van der Waals surface area contributed by atoms with Crippen molar-refractivity contribution in [3.05, 3.63) is 0 Å². The molecule has 0 rings (SSSR count). The fourth-order valence-corrected chi connectivity index (χ4v) is 1.50. The topological polar surface area (TPSA) is 23.1 Å².